The second-order valence-electron chi connectivity index (χ2n) is 3.77. The molecular weight excluding hydrogens is 200 g/mol. The van der Waals surface area contributed by atoms with Crippen LogP contribution in [0.2, 0.25) is 0 Å². The summed E-state index contributed by atoms with van der Waals surface area (Å²) >= 11 is 0. The van der Waals surface area contributed by atoms with Crippen molar-refractivity contribution in [2.24, 2.45) is 0 Å². The van der Waals surface area contributed by atoms with Crippen LogP contribution in [-0.4, -0.2) is 4.57 Å². The maximum absolute atomic E-state index is 8.43. The quantitative estimate of drug-likeness (QED) is 0.516. The number of hydrogen-bond acceptors (Lipinski definition) is 2. The van der Waals surface area contributed by atoms with Crippen molar-refractivity contribution in [2.75, 3.05) is 0 Å². The molecule has 0 saturated carbocycles. The topological polar surface area (TPSA) is 56.4 Å². The number of unbranched alkanes of at least 4 members (excludes halogenated alkanes) is 3. The van der Waals surface area contributed by atoms with E-state index in [1.807, 2.05) is 12.4 Å². The van der Waals surface area contributed by atoms with Gasteiger partial charge in [-0.2, -0.15) is 10.5 Å². The Morgan fingerprint density at radius 2 is 1.81 bits per heavy atom. The van der Waals surface area contributed by atoms with Crippen molar-refractivity contribution in [2.45, 2.75) is 45.2 Å². The van der Waals surface area contributed by atoms with Crippen LogP contribution >= 0.6 is 0 Å². The monoisotopic (exact) mass is 217 g/mol. The minimum Gasteiger partial charge on any atom is -0.237 e. The van der Waals surface area contributed by atoms with Crippen molar-refractivity contribution < 1.29 is 4.57 Å². The van der Waals surface area contributed by atoms with E-state index in [1.54, 1.807) is 0 Å². The van der Waals surface area contributed by atoms with E-state index in [9.17, 15) is 0 Å². The molecule has 1 aromatic heterocycles. The zero-order valence-electron chi connectivity index (χ0n) is 9.47. The highest BCUT2D eigenvalue weighted by atomic mass is 15.1. The first-order valence-corrected chi connectivity index (χ1v) is 5.65. The molecule has 1 aromatic rings. The molecule has 0 bridgehead atoms. The van der Waals surface area contributed by atoms with Crippen molar-refractivity contribution in [1.29, 1.82) is 10.5 Å². The highest BCUT2D eigenvalue weighted by Crippen LogP contribution is 1.95. The standard InChI is InChI=1S/C12H17N4/c13-6-2-1-4-8-15-10-11-16(12-15)9-5-3-7-14/h10-12H,1-5,8-9H2/q+1. The Labute approximate surface area is 96.3 Å². The average molecular weight is 217 g/mol. The predicted octanol–water partition coefficient (Wildman–Crippen LogP) is 1.77. The van der Waals surface area contributed by atoms with E-state index in [0.29, 0.717) is 12.8 Å². The van der Waals surface area contributed by atoms with Crippen molar-refractivity contribution >= 4 is 0 Å². The molecule has 0 amide bonds. The van der Waals surface area contributed by atoms with Gasteiger partial charge >= 0.3 is 0 Å². The summed E-state index contributed by atoms with van der Waals surface area (Å²) in [7, 11) is 0. The number of imidazole rings is 1. The van der Waals surface area contributed by atoms with Gasteiger partial charge in [-0.1, -0.05) is 0 Å². The van der Waals surface area contributed by atoms with Gasteiger partial charge in [-0.05, 0) is 19.3 Å². The Hall–Kier alpha value is -1.81. The van der Waals surface area contributed by atoms with E-state index in [4.69, 9.17) is 10.5 Å². The van der Waals surface area contributed by atoms with Gasteiger partial charge in [-0.3, -0.25) is 0 Å². The first kappa shape index (κ1) is 12.3. The minimum atomic E-state index is 0.611. The number of hydrogen-bond donors (Lipinski definition) is 0. The van der Waals surface area contributed by atoms with E-state index >= 15 is 0 Å². The van der Waals surface area contributed by atoms with Crippen molar-refractivity contribution in [3.8, 4) is 12.1 Å². The second kappa shape index (κ2) is 7.48. The minimum absolute atomic E-state index is 0.611. The van der Waals surface area contributed by atoms with E-state index < -0.39 is 0 Å². The number of aryl methyl sites for hydroxylation is 2. The Morgan fingerprint density at radius 3 is 2.56 bits per heavy atom. The zero-order chi connectivity index (χ0) is 11.6. The van der Waals surface area contributed by atoms with Crippen LogP contribution in [0.3, 0.4) is 0 Å². The molecule has 0 unspecified atom stereocenters. The average Bonchev–Trinajstić information content (AvgIpc) is 2.73. The molecule has 4 nitrogen and oxygen atoms in total. The molecule has 16 heavy (non-hydrogen) atoms. The zero-order valence-corrected chi connectivity index (χ0v) is 9.47. The smallest absolute Gasteiger partial charge is 0.237 e. The fourth-order valence-electron chi connectivity index (χ4n) is 1.54. The van der Waals surface area contributed by atoms with Crippen LogP contribution in [0, 0.1) is 22.7 Å². The van der Waals surface area contributed by atoms with E-state index in [0.717, 1.165) is 32.4 Å². The number of nitrogens with zero attached hydrogens (tertiary/aromatic N) is 4. The third kappa shape index (κ3) is 4.61. The molecule has 0 fully saturated rings. The predicted molar refractivity (Wildman–Crippen MR) is 58.9 cm³/mol. The highest BCUT2D eigenvalue weighted by Gasteiger charge is 2.02. The Bertz CT molecular complexity index is 380. The molecule has 0 saturated heterocycles. The molecule has 1 heterocycles. The van der Waals surface area contributed by atoms with Gasteiger partial charge in [0.05, 0.1) is 25.2 Å². The molecule has 0 radical (unpaired) electrons. The van der Waals surface area contributed by atoms with Crippen molar-refractivity contribution in [3.05, 3.63) is 18.7 Å². The third-order valence-electron chi connectivity index (χ3n) is 2.41. The molecule has 0 N–H and O–H groups in total. The largest absolute Gasteiger partial charge is 0.243 e. The van der Waals surface area contributed by atoms with Gasteiger partial charge in [0, 0.05) is 12.8 Å². The Kier molecular flexibility index (Phi) is 5.73. The summed E-state index contributed by atoms with van der Waals surface area (Å²) in [6.45, 7) is 1.87. The molecule has 0 aliphatic carbocycles. The SMILES string of the molecule is N#CCCCC[n+]1ccn(CCCC#N)c1. The molecule has 0 aromatic carbocycles. The molecule has 0 aliphatic rings. The Balaban J connectivity index is 2.23. The molecule has 1 rings (SSSR count). The van der Waals surface area contributed by atoms with Gasteiger partial charge in [-0.15, -0.1) is 0 Å². The van der Waals surface area contributed by atoms with Crippen LogP contribution in [0.1, 0.15) is 32.1 Å². The summed E-state index contributed by atoms with van der Waals surface area (Å²) in [5.41, 5.74) is 0. The van der Waals surface area contributed by atoms with Crippen LogP contribution in [0.5, 0.6) is 0 Å². The lowest BCUT2D eigenvalue weighted by Crippen LogP contribution is -2.30. The normalized spacial score (nSPS) is 9.62. The van der Waals surface area contributed by atoms with Gasteiger partial charge in [0.1, 0.15) is 12.4 Å². The molecule has 0 spiro atoms. The summed E-state index contributed by atoms with van der Waals surface area (Å²) in [5, 5.41) is 16.8. The molecule has 0 atom stereocenters. The van der Waals surface area contributed by atoms with Gasteiger partial charge in [-0.25, -0.2) is 9.13 Å². The molecule has 4 heteroatoms. The summed E-state index contributed by atoms with van der Waals surface area (Å²) in [6, 6.07) is 4.29. The summed E-state index contributed by atoms with van der Waals surface area (Å²) in [5.74, 6) is 0. The van der Waals surface area contributed by atoms with Crippen LogP contribution in [0.25, 0.3) is 0 Å². The van der Waals surface area contributed by atoms with E-state index in [-0.39, 0.29) is 0 Å². The first-order valence-electron chi connectivity index (χ1n) is 5.65. The Morgan fingerprint density at radius 1 is 1.06 bits per heavy atom. The highest BCUT2D eigenvalue weighted by molar-refractivity contribution is 4.71. The number of nitriles is 2. The van der Waals surface area contributed by atoms with Crippen LogP contribution in [-0.2, 0) is 13.1 Å². The number of aromatic nitrogens is 2. The van der Waals surface area contributed by atoms with Gasteiger partial charge in [0.15, 0.2) is 0 Å². The van der Waals surface area contributed by atoms with Crippen LogP contribution in [0.15, 0.2) is 18.7 Å². The number of rotatable bonds is 7. The van der Waals surface area contributed by atoms with Crippen molar-refractivity contribution in [3.63, 3.8) is 0 Å². The lowest BCUT2D eigenvalue weighted by molar-refractivity contribution is -0.696. The van der Waals surface area contributed by atoms with Crippen LogP contribution in [0.4, 0.5) is 0 Å². The van der Waals surface area contributed by atoms with E-state index in [1.165, 1.54) is 0 Å². The fraction of sp³-hybridized carbons (Fsp3) is 0.583. The second-order valence-corrected chi connectivity index (χ2v) is 3.77. The van der Waals surface area contributed by atoms with E-state index in [2.05, 4.69) is 27.6 Å². The maximum Gasteiger partial charge on any atom is 0.243 e. The first-order chi connectivity index (χ1) is 7.86. The molecule has 84 valence electrons. The van der Waals surface area contributed by atoms with Gasteiger partial charge in [0.2, 0.25) is 6.33 Å². The molecular formula is C12H17N4+. The van der Waals surface area contributed by atoms with Crippen molar-refractivity contribution in [1.82, 2.24) is 4.57 Å². The maximum atomic E-state index is 8.43. The van der Waals surface area contributed by atoms with Crippen LogP contribution < -0.4 is 4.57 Å². The summed E-state index contributed by atoms with van der Waals surface area (Å²) in [4.78, 5) is 0. The summed E-state index contributed by atoms with van der Waals surface area (Å²) in [6.07, 6.45) is 10.3. The summed E-state index contributed by atoms with van der Waals surface area (Å²) < 4.78 is 4.23. The molecule has 0 aliphatic heterocycles. The third-order valence-corrected chi connectivity index (χ3v) is 2.41. The van der Waals surface area contributed by atoms with Gasteiger partial charge in [0.25, 0.3) is 0 Å². The fourth-order valence-corrected chi connectivity index (χ4v) is 1.54. The lowest BCUT2D eigenvalue weighted by Gasteiger charge is -1.94. The lowest BCUT2D eigenvalue weighted by atomic mass is 10.2. The van der Waals surface area contributed by atoms with Gasteiger partial charge < -0.3 is 0 Å².